The van der Waals surface area contributed by atoms with Gasteiger partial charge in [0.15, 0.2) is 0 Å². The summed E-state index contributed by atoms with van der Waals surface area (Å²) in [5, 5.41) is 1.17. The second kappa shape index (κ2) is 7.41. The summed E-state index contributed by atoms with van der Waals surface area (Å²) in [6.07, 6.45) is 0.926. The number of ether oxygens (including phenoxy) is 1. The van der Waals surface area contributed by atoms with Crippen molar-refractivity contribution in [3.8, 4) is 11.1 Å². The molecule has 3 aromatic rings. The van der Waals surface area contributed by atoms with Crippen LogP contribution in [0.2, 0.25) is 0 Å². The molecule has 5 heteroatoms. The van der Waals surface area contributed by atoms with E-state index >= 15 is 0 Å². The van der Waals surface area contributed by atoms with Crippen LogP contribution in [0, 0.1) is 0 Å². The van der Waals surface area contributed by atoms with Crippen LogP contribution in [0.1, 0.15) is 15.2 Å². The molecule has 0 saturated carbocycles. The third kappa shape index (κ3) is 3.11. The topological polar surface area (TPSA) is 32.8 Å². The summed E-state index contributed by atoms with van der Waals surface area (Å²) in [5.74, 6) is 0.103. The van der Waals surface area contributed by atoms with Crippen molar-refractivity contribution in [1.82, 2.24) is 0 Å². The van der Waals surface area contributed by atoms with Crippen molar-refractivity contribution in [1.29, 1.82) is 0 Å². The molecule has 2 aliphatic heterocycles. The van der Waals surface area contributed by atoms with Gasteiger partial charge in [-0.15, -0.1) is 11.3 Å². The number of benzene rings is 2. The van der Waals surface area contributed by atoms with Crippen LogP contribution in [0.5, 0.6) is 0 Å². The standard InChI is InChI=1S/C23H22N2O2S/c26-22(25-11-10-18-8-4-5-9-20(18)25)21-16-19(17-6-2-1-3-7-17)23(28-21)24-12-14-27-15-13-24/h1-9,16H,10-15H2. The van der Waals surface area contributed by atoms with Crippen molar-refractivity contribution >= 4 is 27.9 Å². The molecule has 0 spiro atoms. The van der Waals surface area contributed by atoms with Crippen LogP contribution in [0.4, 0.5) is 10.7 Å². The fraction of sp³-hybridized carbons (Fsp3) is 0.261. The average molecular weight is 391 g/mol. The third-order valence-electron chi connectivity index (χ3n) is 5.44. The average Bonchev–Trinajstić information content (AvgIpc) is 3.40. The van der Waals surface area contributed by atoms with E-state index in [1.807, 2.05) is 35.2 Å². The lowest BCUT2D eigenvalue weighted by Crippen LogP contribution is -2.35. The second-order valence-corrected chi connectivity index (χ2v) is 8.16. The Morgan fingerprint density at radius 2 is 1.68 bits per heavy atom. The normalized spacial score (nSPS) is 16.3. The molecule has 4 nitrogen and oxygen atoms in total. The molecule has 5 rings (SSSR count). The van der Waals surface area contributed by atoms with Gasteiger partial charge in [-0.05, 0) is 29.7 Å². The van der Waals surface area contributed by atoms with E-state index in [1.54, 1.807) is 11.3 Å². The summed E-state index contributed by atoms with van der Waals surface area (Å²) in [4.78, 5) is 18.5. The molecule has 2 aromatic carbocycles. The Balaban J connectivity index is 1.53. The van der Waals surface area contributed by atoms with Crippen LogP contribution in [0.15, 0.2) is 60.7 Å². The second-order valence-electron chi connectivity index (χ2n) is 7.13. The van der Waals surface area contributed by atoms with Crippen LogP contribution < -0.4 is 9.80 Å². The van der Waals surface area contributed by atoms with Crippen LogP contribution in [0.3, 0.4) is 0 Å². The predicted octanol–water partition coefficient (Wildman–Crippen LogP) is 4.45. The molecule has 0 atom stereocenters. The Bertz CT molecular complexity index is 993. The minimum absolute atomic E-state index is 0.103. The molecule has 2 aliphatic rings. The van der Waals surface area contributed by atoms with Crippen molar-refractivity contribution in [3.05, 3.63) is 71.1 Å². The van der Waals surface area contributed by atoms with Crippen molar-refractivity contribution in [2.24, 2.45) is 0 Å². The number of thiophene rings is 1. The molecule has 142 valence electrons. The number of fused-ring (bicyclic) bond motifs is 1. The summed E-state index contributed by atoms with van der Waals surface area (Å²) < 4.78 is 5.53. The summed E-state index contributed by atoms with van der Waals surface area (Å²) in [7, 11) is 0. The summed E-state index contributed by atoms with van der Waals surface area (Å²) in [6, 6.07) is 20.7. The van der Waals surface area contributed by atoms with E-state index in [2.05, 4.69) is 35.2 Å². The zero-order chi connectivity index (χ0) is 18.9. The Kier molecular flexibility index (Phi) is 4.63. The zero-order valence-electron chi connectivity index (χ0n) is 15.6. The maximum absolute atomic E-state index is 13.4. The zero-order valence-corrected chi connectivity index (χ0v) is 16.5. The number of hydrogen-bond acceptors (Lipinski definition) is 4. The van der Waals surface area contributed by atoms with Crippen LogP contribution >= 0.6 is 11.3 Å². The maximum Gasteiger partial charge on any atom is 0.268 e. The minimum atomic E-state index is 0.103. The van der Waals surface area contributed by atoms with E-state index < -0.39 is 0 Å². The molecule has 3 heterocycles. The Hall–Kier alpha value is -2.63. The van der Waals surface area contributed by atoms with Gasteiger partial charge in [0.25, 0.3) is 5.91 Å². The Morgan fingerprint density at radius 1 is 0.929 bits per heavy atom. The van der Waals surface area contributed by atoms with Crippen LogP contribution in [0.25, 0.3) is 11.1 Å². The molecule has 0 unspecified atom stereocenters. The minimum Gasteiger partial charge on any atom is -0.378 e. The summed E-state index contributed by atoms with van der Waals surface area (Å²) >= 11 is 1.61. The van der Waals surface area contributed by atoms with Gasteiger partial charge in [0.05, 0.1) is 23.1 Å². The number of para-hydroxylation sites is 1. The van der Waals surface area contributed by atoms with Crippen molar-refractivity contribution in [3.63, 3.8) is 0 Å². The first kappa shape index (κ1) is 17.5. The van der Waals surface area contributed by atoms with Gasteiger partial charge < -0.3 is 14.5 Å². The number of rotatable bonds is 3. The largest absolute Gasteiger partial charge is 0.378 e. The first-order valence-corrected chi connectivity index (χ1v) is 10.5. The number of morpholine rings is 1. The van der Waals surface area contributed by atoms with Gasteiger partial charge in [0, 0.05) is 30.9 Å². The Labute approximate surface area is 169 Å². The summed E-state index contributed by atoms with van der Waals surface area (Å²) in [5.41, 5.74) is 4.60. The number of nitrogens with zero attached hydrogens (tertiary/aromatic N) is 2. The number of anilines is 2. The number of carbonyl (C=O) groups is 1. The van der Waals surface area contributed by atoms with Gasteiger partial charge in [0.1, 0.15) is 0 Å². The van der Waals surface area contributed by atoms with Gasteiger partial charge in [-0.2, -0.15) is 0 Å². The molecule has 1 saturated heterocycles. The molecule has 1 fully saturated rings. The van der Waals surface area contributed by atoms with E-state index in [0.717, 1.165) is 61.0 Å². The first-order chi connectivity index (χ1) is 13.8. The van der Waals surface area contributed by atoms with Crippen LogP contribution in [-0.2, 0) is 11.2 Å². The lowest BCUT2D eigenvalue weighted by atomic mass is 10.1. The molecule has 1 amide bonds. The van der Waals surface area contributed by atoms with Gasteiger partial charge in [0.2, 0.25) is 0 Å². The highest BCUT2D eigenvalue weighted by molar-refractivity contribution is 7.18. The van der Waals surface area contributed by atoms with Gasteiger partial charge in [-0.3, -0.25) is 4.79 Å². The van der Waals surface area contributed by atoms with Gasteiger partial charge in [-0.25, -0.2) is 0 Å². The quantitative estimate of drug-likeness (QED) is 0.662. The van der Waals surface area contributed by atoms with Crippen molar-refractivity contribution in [2.75, 3.05) is 42.6 Å². The van der Waals surface area contributed by atoms with Crippen molar-refractivity contribution in [2.45, 2.75) is 6.42 Å². The molecule has 0 aliphatic carbocycles. The molecule has 0 bridgehead atoms. The van der Waals surface area contributed by atoms with E-state index in [-0.39, 0.29) is 5.91 Å². The highest BCUT2D eigenvalue weighted by atomic mass is 32.1. The molecular weight excluding hydrogens is 368 g/mol. The van der Waals surface area contributed by atoms with Gasteiger partial charge >= 0.3 is 0 Å². The first-order valence-electron chi connectivity index (χ1n) is 9.73. The number of amides is 1. The number of hydrogen-bond donors (Lipinski definition) is 0. The third-order valence-corrected chi connectivity index (χ3v) is 6.62. The molecule has 0 radical (unpaired) electrons. The fourth-order valence-corrected chi connectivity index (χ4v) is 5.18. The van der Waals surface area contributed by atoms with Crippen LogP contribution in [-0.4, -0.2) is 38.8 Å². The number of carbonyl (C=O) groups excluding carboxylic acids is 1. The highest BCUT2D eigenvalue weighted by Crippen LogP contribution is 2.41. The molecule has 0 N–H and O–H groups in total. The lowest BCUT2D eigenvalue weighted by Gasteiger charge is -2.28. The van der Waals surface area contributed by atoms with E-state index in [0.29, 0.717) is 0 Å². The highest BCUT2D eigenvalue weighted by Gasteiger charge is 2.28. The fourth-order valence-electron chi connectivity index (χ4n) is 3.99. The maximum atomic E-state index is 13.4. The smallest absolute Gasteiger partial charge is 0.268 e. The summed E-state index contributed by atoms with van der Waals surface area (Å²) in [6.45, 7) is 3.94. The monoisotopic (exact) mass is 390 g/mol. The SMILES string of the molecule is O=C(c1cc(-c2ccccc2)c(N2CCOCC2)s1)N1CCc2ccccc21. The molecular formula is C23H22N2O2S. The molecule has 28 heavy (non-hydrogen) atoms. The van der Waals surface area contributed by atoms with Gasteiger partial charge in [-0.1, -0.05) is 48.5 Å². The lowest BCUT2D eigenvalue weighted by molar-refractivity contribution is 0.0993. The predicted molar refractivity (Wildman–Crippen MR) is 115 cm³/mol. The Morgan fingerprint density at radius 3 is 2.50 bits per heavy atom. The van der Waals surface area contributed by atoms with Crippen molar-refractivity contribution < 1.29 is 9.53 Å². The van der Waals surface area contributed by atoms with E-state index in [1.165, 1.54) is 10.6 Å². The molecule has 1 aromatic heterocycles. The van der Waals surface area contributed by atoms with E-state index in [9.17, 15) is 4.79 Å². The van der Waals surface area contributed by atoms with E-state index in [4.69, 9.17) is 4.74 Å².